The Hall–Kier alpha value is -3.02. The van der Waals surface area contributed by atoms with E-state index in [0.29, 0.717) is 6.54 Å². The summed E-state index contributed by atoms with van der Waals surface area (Å²) in [6, 6.07) is 8.16. The van der Waals surface area contributed by atoms with Gasteiger partial charge in [0.1, 0.15) is 12.1 Å². The van der Waals surface area contributed by atoms with E-state index in [2.05, 4.69) is 17.6 Å². The van der Waals surface area contributed by atoms with Gasteiger partial charge in [-0.1, -0.05) is 134 Å². The van der Waals surface area contributed by atoms with Gasteiger partial charge in [-0.2, -0.15) is 0 Å². The fourth-order valence-corrected chi connectivity index (χ4v) is 6.09. The summed E-state index contributed by atoms with van der Waals surface area (Å²) in [6.07, 6.45) is 13.4. The third-order valence-corrected chi connectivity index (χ3v) is 8.78. The first kappa shape index (κ1) is 42.1. The van der Waals surface area contributed by atoms with Crippen LogP contribution in [-0.4, -0.2) is 72.2 Å². The van der Waals surface area contributed by atoms with Gasteiger partial charge in [0.15, 0.2) is 24.6 Å². The average Bonchev–Trinajstić information content (AvgIpc) is 3.06. The molecular weight excluding hydrogens is 628 g/mol. The van der Waals surface area contributed by atoms with Gasteiger partial charge in [-0.05, 0) is 18.9 Å². The number of aliphatic carboxylic acids is 1. The summed E-state index contributed by atoms with van der Waals surface area (Å²) < 4.78 is 23.5. The normalized spacial score (nSPS) is 21.1. The zero-order chi connectivity index (χ0) is 35.9. The summed E-state index contributed by atoms with van der Waals surface area (Å²) >= 11 is 0. The highest BCUT2D eigenvalue weighted by Crippen LogP contribution is 2.29. The molecule has 1 aliphatic rings. The van der Waals surface area contributed by atoms with E-state index in [0.717, 1.165) is 31.2 Å². The van der Waals surface area contributed by atoms with Crippen molar-refractivity contribution in [3.8, 4) is 0 Å². The van der Waals surface area contributed by atoms with E-state index in [4.69, 9.17) is 18.9 Å². The Labute approximate surface area is 293 Å². The molecule has 0 aromatic heterocycles. The van der Waals surface area contributed by atoms with Crippen LogP contribution in [0.1, 0.15) is 136 Å². The molecule has 6 atom stereocenters. The fraction of sp³-hybridized carbons (Fsp3) is 0.737. The van der Waals surface area contributed by atoms with E-state index in [1.807, 2.05) is 30.3 Å². The van der Waals surface area contributed by atoms with Crippen LogP contribution in [0.4, 0.5) is 0 Å². The predicted octanol–water partition coefficient (Wildman–Crippen LogP) is 6.60. The van der Waals surface area contributed by atoms with Gasteiger partial charge < -0.3 is 34.7 Å². The van der Waals surface area contributed by atoms with Crippen molar-refractivity contribution in [1.29, 1.82) is 0 Å². The van der Waals surface area contributed by atoms with Crippen molar-refractivity contribution >= 4 is 23.8 Å². The minimum absolute atomic E-state index is 0.0779. The number of benzene rings is 1. The van der Waals surface area contributed by atoms with Crippen molar-refractivity contribution in [2.75, 3.05) is 6.54 Å². The molecule has 1 aliphatic heterocycles. The van der Waals surface area contributed by atoms with E-state index in [1.165, 1.54) is 97.8 Å². The van der Waals surface area contributed by atoms with Crippen molar-refractivity contribution in [2.45, 2.75) is 174 Å². The summed E-state index contributed by atoms with van der Waals surface area (Å²) in [4.78, 5) is 49.7. The van der Waals surface area contributed by atoms with Crippen LogP contribution in [0, 0.1) is 0 Å². The topological polar surface area (TPSA) is 149 Å². The lowest BCUT2D eigenvalue weighted by Gasteiger charge is -2.45. The van der Waals surface area contributed by atoms with E-state index in [-0.39, 0.29) is 6.61 Å². The van der Waals surface area contributed by atoms with Crippen LogP contribution < -0.4 is 10.6 Å². The minimum Gasteiger partial charge on any atom is -0.479 e. The highest BCUT2D eigenvalue weighted by atomic mass is 16.7. The lowest BCUT2D eigenvalue weighted by Crippen LogP contribution is -2.68. The van der Waals surface area contributed by atoms with Crippen molar-refractivity contribution in [1.82, 2.24) is 10.6 Å². The molecule has 1 fully saturated rings. The lowest BCUT2D eigenvalue weighted by atomic mass is 9.94. The largest absolute Gasteiger partial charge is 0.479 e. The minimum atomic E-state index is -1.37. The third kappa shape index (κ3) is 17.5. The van der Waals surface area contributed by atoms with Crippen molar-refractivity contribution in [3.63, 3.8) is 0 Å². The number of rotatable bonds is 26. The van der Waals surface area contributed by atoms with Gasteiger partial charge in [0.25, 0.3) is 5.91 Å². The van der Waals surface area contributed by atoms with Gasteiger partial charge in [0.2, 0.25) is 5.91 Å². The molecule has 0 bridgehead atoms. The van der Waals surface area contributed by atoms with Gasteiger partial charge in [-0.3, -0.25) is 14.4 Å². The Morgan fingerprint density at radius 2 is 1.33 bits per heavy atom. The summed E-state index contributed by atoms with van der Waals surface area (Å²) in [5, 5.41) is 15.2. The van der Waals surface area contributed by atoms with Gasteiger partial charge in [-0.15, -0.1) is 0 Å². The number of carboxylic acids is 1. The van der Waals surface area contributed by atoms with Crippen molar-refractivity contribution < 1.29 is 43.2 Å². The molecule has 3 N–H and O–H groups in total. The maximum atomic E-state index is 13.5. The number of carbonyl (C=O) groups excluding carboxylic acids is 3. The average molecular weight is 691 g/mol. The Morgan fingerprint density at radius 1 is 0.796 bits per heavy atom. The molecule has 0 aliphatic carbocycles. The number of esters is 1. The smallest absolute Gasteiger partial charge is 0.332 e. The molecule has 11 heteroatoms. The number of amides is 2. The highest BCUT2D eigenvalue weighted by molar-refractivity contribution is 5.82. The first-order chi connectivity index (χ1) is 23.6. The lowest BCUT2D eigenvalue weighted by molar-refractivity contribution is -0.277. The first-order valence-electron chi connectivity index (χ1n) is 18.5. The number of hydrogen-bond donors (Lipinski definition) is 3. The molecular formula is C38H62N2O9. The van der Waals surface area contributed by atoms with Crippen LogP contribution in [0.25, 0.3) is 0 Å². The standard InChI is InChI=1S/C38H62N2O9/c1-5-6-7-8-9-10-11-12-13-14-15-16-17-18-19-23-26-39-36(43)35-34(48-30(4)42)33(47-28(2)37(44)45)32(40-29(3)41)38(49-35)46-27-31-24-21-20-22-25-31/h20-22,24-25,28,32-35,38H,5-19,23,26-27H2,1-4H3,(H,39,43)(H,40,41)(H,44,45). The quantitative estimate of drug-likeness (QED) is 0.0722. The molecule has 0 spiro atoms. The number of ether oxygens (including phenoxy) is 4. The SMILES string of the molecule is CCCCCCCCCCCCCCCCCCNC(=O)C1OC(OCc2ccccc2)C(NC(C)=O)C(OC(C)C(=O)O)C1OC(C)=O. The van der Waals surface area contributed by atoms with Crippen molar-refractivity contribution in [2.24, 2.45) is 0 Å². The fourth-order valence-electron chi connectivity index (χ4n) is 6.09. The van der Waals surface area contributed by atoms with E-state index in [9.17, 15) is 24.3 Å². The zero-order valence-electron chi connectivity index (χ0n) is 30.3. The molecule has 0 saturated carbocycles. The molecule has 2 amide bonds. The zero-order valence-corrected chi connectivity index (χ0v) is 30.3. The van der Waals surface area contributed by atoms with Crippen molar-refractivity contribution in [3.05, 3.63) is 35.9 Å². The van der Waals surface area contributed by atoms with Crippen LogP contribution in [0.2, 0.25) is 0 Å². The summed E-state index contributed by atoms with van der Waals surface area (Å²) in [5.41, 5.74) is 0.815. The van der Waals surface area contributed by atoms with E-state index >= 15 is 0 Å². The number of hydrogen-bond acceptors (Lipinski definition) is 8. The van der Waals surface area contributed by atoms with Gasteiger partial charge in [-0.25, -0.2) is 4.79 Å². The summed E-state index contributed by atoms with van der Waals surface area (Å²) in [6.45, 7) is 6.50. The number of nitrogens with one attached hydrogen (secondary N) is 2. The molecule has 1 heterocycles. The Bertz CT molecular complexity index is 1090. The molecule has 49 heavy (non-hydrogen) atoms. The Balaban J connectivity index is 1.89. The number of carboxylic acid groups (broad SMARTS) is 1. The van der Waals surface area contributed by atoms with Crippen LogP contribution in [-0.2, 0) is 44.7 Å². The predicted molar refractivity (Wildman–Crippen MR) is 188 cm³/mol. The molecule has 11 nitrogen and oxygen atoms in total. The summed E-state index contributed by atoms with van der Waals surface area (Å²) in [5.74, 6) is -2.99. The molecule has 1 saturated heterocycles. The van der Waals surface area contributed by atoms with Crippen LogP contribution in [0.3, 0.4) is 0 Å². The molecule has 6 unspecified atom stereocenters. The maximum Gasteiger partial charge on any atom is 0.332 e. The summed E-state index contributed by atoms with van der Waals surface area (Å²) in [7, 11) is 0. The van der Waals surface area contributed by atoms with Gasteiger partial charge in [0.05, 0.1) is 6.61 Å². The number of carbonyl (C=O) groups is 4. The van der Waals surface area contributed by atoms with Gasteiger partial charge >= 0.3 is 11.9 Å². The maximum absolute atomic E-state index is 13.5. The second-order valence-corrected chi connectivity index (χ2v) is 13.2. The monoisotopic (exact) mass is 690 g/mol. The van der Waals surface area contributed by atoms with Crippen LogP contribution >= 0.6 is 0 Å². The second-order valence-electron chi connectivity index (χ2n) is 13.2. The van der Waals surface area contributed by atoms with Crippen LogP contribution in [0.5, 0.6) is 0 Å². The van der Waals surface area contributed by atoms with Crippen LogP contribution in [0.15, 0.2) is 30.3 Å². The van der Waals surface area contributed by atoms with E-state index in [1.54, 1.807) is 0 Å². The third-order valence-electron chi connectivity index (χ3n) is 8.78. The first-order valence-corrected chi connectivity index (χ1v) is 18.5. The molecule has 278 valence electrons. The second kappa shape index (κ2) is 25.0. The number of unbranched alkanes of at least 4 members (excludes halogenated alkanes) is 15. The molecule has 0 radical (unpaired) electrons. The van der Waals surface area contributed by atoms with Gasteiger partial charge in [0, 0.05) is 20.4 Å². The highest BCUT2D eigenvalue weighted by Gasteiger charge is 2.53. The Kier molecular flexibility index (Phi) is 21.5. The van der Waals surface area contributed by atoms with E-state index < -0.39 is 60.5 Å². The molecule has 1 aromatic carbocycles. The molecule has 1 aromatic rings. The molecule has 2 rings (SSSR count). The Morgan fingerprint density at radius 3 is 1.82 bits per heavy atom.